The highest BCUT2D eigenvalue weighted by molar-refractivity contribution is 9.10. The van der Waals surface area contributed by atoms with Crippen molar-refractivity contribution in [2.24, 2.45) is 5.41 Å². The van der Waals surface area contributed by atoms with Gasteiger partial charge in [-0.15, -0.1) is 0 Å². The van der Waals surface area contributed by atoms with Crippen molar-refractivity contribution < 1.29 is 24.2 Å². The molecule has 0 spiro atoms. The molecule has 1 atom stereocenters. The number of carboxylic acids is 1. The van der Waals surface area contributed by atoms with E-state index in [0.717, 1.165) is 58.3 Å². The number of carbonyl (C=O) groups is 2. The molecule has 3 aliphatic carbocycles. The number of ether oxygens (including phenoxy) is 2. The molecule has 2 N–H and O–H groups in total. The Morgan fingerprint density at radius 1 is 1.05 bits per heavy atom. The first-order chi connectivity index (χ1) is 19.7. The van der Waals surface area contributed by atoms with Gasteiger partial charge in [-0.2, -0.15) is 0 Å². The van der Waals surface area contributed by atoms with Crippen LogP contribution in [0.2, 0.25) is 0 Å². The van der Waals surface area contributed by atoms with Crippen LogP contribution in [0.1, 0.15) is 72.3 Å². The first-order valence-electron chi connectivity index (χ1n) is 14.3. The summed E-state index contributed by atoms with van der Waals surface area (Å²) in [7, 11) is 3.23. The van der Waals surface area contributed by atoms with Crippen LogP contribution >= 0.6 is 15.9 Å². The van der Waals surface area contributed by atoms with Crippen molar-refractivity contribution in [3.8, 4) is 11.5 Å². The number of carboxylic acid groups (broad SMARTS) is 1. The van der Waals surface area contributed by atoms with Crippen LogP contribution in [0, 0.1) is 12.3 Å². The van der Waals surface area contributed by atoms with Crippen LogP contribution in [0.15, 0.2) is 40.9 Å². The number of anilines is 1. The normalized spacial score (nSPS) is 25.4. The molecular weight excluding hydrogens is 586 g/mol. The summed E-state index contributed by atoms with van der Waals surface area (Å²) in [5.74, 6) is 0.919. The molecule has 4 fully saturated rings. The van der Waals surface area contributed by atoms with E-state index in [2.05, 4.69) is 26.1 Å². The SMILES string of the molecule is COc1cccc(OC)c1[C@@H]1CC2(C(=O)O)CCC1(NC(=O)c1c(C)c(N3CCCC3)nc3ccc(Br)cc13)CC2. The maximum absolute atomic E-state index is 14.6. The molecule has 1 saturated heterocycles. The number of rotatable bonds is 7. The van der Waals surface area contributed by atoms with Gasteiger partial charge in [0.05, 0.1) is 30.7 Å². The van der Waals surface area contributed by atoms with E-state index in [1.807, 2.05) is 43.3 Å². The minimum absolute atomic E-state index is 0.156. The fraction of sp³-hybridized carbons (Fsp3) is 0.469. The molecular formula is C32H36BrN3O5. The molecule has 2 aromatic carbocycles. The molecule has 4 aliphatic rings. The summed E-state index contributed by atoms with van der Waals surface area (Å²) in [6, 6.07) is 11.5. The minimum Gasteiger partial charge on any atom is -0.496 e. The number of hydrogen-bond acceptors (Lipinski definition) is 6. The maximum atomic E-state index is 14.6. The third kappa shape index (κ3) is 4.53. The van der Waals surface area contributed by atoms with Crippen molar-refractivity contribution >= 4 is 44.5 Å². The lowest BCUT2D eigenvalue weighted by molar-refractivity contribution is -0.157. The lowest BCUT2D eigenvalue weighted by Gasteiger charge is -2.56. The molecule has 8 nitrogen and oxygen atoms in total. The monoisotopic (exact) mass is 621 g/mol. The largest absolute Gasteiger partial charge is 0.496 e. The Kier molecular flexibility index (Phi) is 7.12. The van der Waals surface area contributed by atoms with E-state index in [1.54, 1.807) is 14.2 Å². The molecule has 3 aromatic rings. The zero-order valence-electron chi connectivity index (χ0n) is 23.8. The van der Waals surface area contributed by atoms with Crippen molar-refractivity contribution in [1.82, 2.24) is 10.3 Å². The van der Waals surface area contributed by atoms with E-state index in [9.17, 15) is 14.7 Å². The number of nitrogens with zero attached hydrogens (tertiary/aromatic N) is 2. The summed E-state index contributed by atoms with van der Waals surface area (Å²) in [4.78, 5) is 34.4. The number of pyridine rings is 1. The first-order valence-corrected chi connectivity index (χ1v) is 15.1. The number of nitrogens with one attached hydrogen (secondary N) is 1. The summed E-state index contributed by atoms with van der Waals surface area (Å²) in [5.41, 5.74) is 1.60. The van der Waals surface area contributed by atoms with Gasteiger partial charge >= 0.3 is 5.97 Å². The number of amides is 1. The third-order valence-electron chi connectivity index (χ3n) is 9.79. The average molecular weight is 623 g/mol. The minimum atomic E-state index is -0.837. The van der Waals surface area contributed by atoms with Crippen molar-refractivity contribution in [2.75, 3.05) is 32.2 Å². The highest BCUT2D eigenvalue weighted by Crippen LogP contribution is 2.61. The number of hydrogen-bond donors (Lipinski definition) is 2. The van der Waals surface area contributed by atoms with Gasteiger partial charge in [-0.3, -0.25) is 9.59 Å². The molecule has 41 heavy (non-hydrogen) atoms. The molecule has 1 aliphatic heterocycles. The highest BCUT2D eigenvalue weighted by Gasteiger charge is 2.59. The second kappa shape index (κ2) is 10.5. The van der Waals surface area contributed by atoms with Crippen molar-refractivity contribution in [3.05, 3.63) is 57.6 Å². The summed E-state index contributed by atoms with van der Waals surface area (Å²) < 4.78 is 12.4. The van der Waals surface area contributed by atoms with Gasteiger partial charge in [0.15, 0.2) is 0 Å². The number of methoxy groups -OCH3 is 2. The van der Waals surface area contributed by atoms with Crippen molar-refractivity contribution in [3.63, 3.8) is 0 Å². The molecule has 9 heteroatoms. The Bertz CT molecular complexity index is 1500. The van der Waals surface area contributed by atoms with Crippen LogP contribution in [0.3, 0.4) is 0 Å². The first kappa shape index (κ1) is 27.8. The van der Waals surface area contributed by atoms with E-state index >= 15 is 0 Å². The van der Waals surface area contributed by atoms with Gasteiger partial charge in [-0.05, 0) is 82.2 Å². The number of aliphatic carboxylic acids is 1. The van der Waals surface area contributed by atoms with Gasteiger partial charge < -0.3 is 24.8 Å². The number of benzene rings is 2. The Morgan fingerprint density at radius 3 is 2.32 bits per heavy atom. The third-order valence-corrected chi connectivity index (χ3v) is 10.3. The molecule has 3 saturated carbocycles. The Morgan fingerprint density at radius 2 is 1.71 bits per heavy atom. The molecule has 0 unspecified atom stereocenters. The second-order valence-electron chi connectivity index (χ2n) is 11.8. The van der Waals surface area contributed by atoms with Gasteiger partial charge in [0.2, 0.25) is 0 Å². The van der Waals surface area contributed by atoms with E-state index in [0.29, 0.717) is 49.2 Å². The summed E-state index contributed by atoms with van der Waals surface area (Å²) in [6.45, 7) is 3.84. The number of fused-ring (bicyclic) bond motifs is 4. The maximum Gasteiger partial charge on any atom is 0.309 e. The number of halogens is 1. The molecule has 2 bridgehead atoms. The number of aromatic nitrogens is 1. The number of carbonyl (C=O) groups excluding carboxylic acids is 1. The predicted molar refractivity (Wildman–Crippen MR) is 161 cm³/mol. The quantitative estimate of drug-likeness (QED) is 0.323. The van der Waals surface area contributed by atoms with Crippen LogP contribution in [0.25, 0.3) is 10.9 Å². The lowest BCUT2D eigenvalue weighted by atomic mass is 9.51. The van der Waals surface area contributed by atoms with Gasteiger partial charge in [-0.25, -0.2) is 4.98 Å². The summed E-state index contributed by atoms with van der Waals surface area (Å²) in [5, 5.41) is 14.6. The van der Waals surface area contributed by atoms with Crippen LogP contribution in [0.5, 0.6) is 11.5 Å². The summed E-state index contributed by atoms with van der Waals surface area (Å²) >= 11 is 3.59. The van der Waals surface area contributed by atoms with E-state index in [4.69, 9.17) is 14.5 Å². The summed E-state index contributed by atoms with van der Waals surface area (Å²) in [6.07, 6.45) is 4.76. The highest BCUT2D eigenvalue weighted by atomic mass is 79.9. The van der Waals surface area contributed by atoms with Crippen molar-refractivity contribution in [1.29, 1.82) is 0 Å². The fourth-order valence-electron chi connectivity index (χ4n) is 7.56. The zero-order chi connectivity index (χ0) is 28.9. The Hall–Kier alpha value is -3.33. The predicted octanol–water partition coefficient (Wildman–Crippen LogP) is 6.22. The Balaban J connectivity index is 1.48. The van der Waals surface area contributed by atoms with E-state index in [1.165, 1.54) is 0 Å². The van der Waals surface area contributed by atoms with Crippen LogP contribution < -0.4 is 19.7 Å². The second-order valence-corrected chi connectivity index (χ2v) is 12.7. The van der Waals surface area contributed by atoms with Gasteiger partial charge in [0, 0.05) is 45.5 Å². The smallest absolute Gasteiger partial charge is 0.309 e. The van der Waals surface area contributed by atoms with Crippen LogP contribution in [-0.4, -0.2) is 54.8 Å². The molecule has 7 rings (SSSR count). The fourth-order valence-corrected chi connectivity index (χ4v) is 7.93. The van der Waals surface area contributed by atoms with Gasteiger partial charge in [-0.1, -0.05) is 22.0 Å². The van der Waals surface area contributed by atoms with E-state index in [-0.39, 0.29) is 11.8 Å². The van der Waals surface area contributed by atoms with Gasteiger partial charge in [0.25, 0.3) is 5.91 Å². The average Bonchev–Trinajstić information content (AvgIpc) is 3.51. The topological polar surface area (TPSA) is 101 Å². The Labute approximate surface area is 248 Å². The molecule has 216 valence electrons. The molecule has 1 amide bonds. The van der Waals surface area contributed by atoms with Gasteiger partial charge in [0.1, 0.15) is 17.3 Å². The van der Waals surface area contributed by atoms with Crippen molar-refractivity contribution in [2.45, 2.75) is 63.3 Å². The zero-order valence-corrected chi connectivity index (χ0v) is 25.3. The van der Waals surface area contributed by atoms with Crippen LogP contribution in [-0.2, 0) is 4.79 Å². The van der Waals surface area contributed by atoms with Crippen LogP contribution in [0.4, 0.5) is 5.82 Å². The lowest BCUT2D eigenvalue weighted by Crippen LogP contribution is -2.62. The molecule has 0 radical (unpaired) electrons. The van der Waals surface area contributed by atoms with E-state index < -0.39 is 16.9 Å². The molecule has 2 heterocycles. The molecule has 1 aromatic heterocycles. The standard InChI is InChI=1S/C32H36BrN3O5/c1-19-26(21-17-20(33)9-10-23(21)34-28(19)36-15-4-5-16-36)29(37)35-32-13-11-31(12-14-32,30(38)39)18-22(32)27-24(40-2)7-6-8-25(27)41-3/h6-10,17,22H,4-5,11-16,18H2,1-3H3,(H,35,37)(H,38,39)/t22-,31?,32?/m0/s1.